The van der Waals surface area contributed by atoms with Crippen molar-refractivity contribution in [1.82, 2.24) is 9.88 Å². The summed E-state index contributed by atoms with van der Waals surface area (Å²) in [6, 6.07) is 22.1. The van der Waals surface area contributed by atoms with Gasteiger partial charge < -0.3 is 25.0 Å². The Balaban J connectivity index is 1.65. The second-order valence-electron chi connectivity index (χ2n) is 8.92. The Morgan fingerprint density at radius 2 is 1.73 bits per heavy atom. The molecule has 8 heteroatoms. The predicted octanol–water partition coefficient (Wildman–Crippen LogP) is 4.76. The van der Waals surface area contributed by atoms with Gasteiger partial charge in [-0.3, -0.25) is 4.79 Å². The van der Waals surface area contributed by atoms with Crippen LogP contribution in [-0.4, -0.2) is 66.7 Å². The van der Waals surface area contributed by atoms with Crippen LogP contribution >= 0.6 is 0 Å². The molecule has 0 saturated heterocycles. The number of carbonyl (C=O) groups is 2. The van der Waals surface area contributed by atoms with E-state index in [2.05, 4.69) is 10.3 Å². The van der Waals surface area contributed by atoms with Crippen molar-refractivity contribution in [2.45, 2.75) is 6.42 Å². The number of H-pyrrole nitrogens is 1. The zero-order valence-corrected chi connectivity index (χ0v) is 21.1. The van der Waals surface area contributed by atoms with Gasteiger partial charge in [-0.2, -0.15) is 0 Å². The maximum absolute atomic E-state index is 12.1. The molecule has 3 N–H and O–H groups in total. The summed E-state index contributed by atoms with van der Waals surface area (Å²) in [6.07, 6.45) is 0.498. The summed E-state index contributed by atoms with van der Waals surface area (Å²) in [5.74, 6) is -0.357. The van der Waals surface area contributed by atoms with E-state index >= 15 is 0 Å². The third-order valence-corrected chi connectivity index (χ3v) is 5.92. The Morgan fingerprint density at radius 1 is 1.00 bits per heavy atom. The first-order chi connectivity index (χ1) is 17.9. The van der Waals surface area contributed by atoms with Crippen molar-refractivity contribution < 1.29 is 19.4 Å². The molecule has 0 atom stereocenters. The minimum Gasteiger partial charge on any atom is -0.494 e. The number of hydrogen-bond donors (Lipinski definition) is 3. The molecule has 1 aromatic heterocycles. The summed E-state index contributed by atoms with van der Waals surface area (Å²) < 4.78 is 4.81. The van der Waals surface area contributed by atoms with Crippen LogP contribution < -0.4 is 5.32 Å². The van der Waals surface area contributed by atoms with Gasteiger partial charge >= 0.3 is 5.97 Å². The number of Topliss-reactive ketones (excluding diaryl/α,β-unsaturated/α-hetero) is 1. The Kier molecular flexibility index (Phi) is 8.00. The first-order valence-electron chi connectivity index (χ1n) is 11.9. The SMILES string of the molecule is COC(=O)c1ccc2c(C(=Nc3ccc(NCC(=O)CCN(C)C)cc3)c3ccccc3)c(O)[nH]c2c1. The zero-order valence-electron chi connectivity index (χ0n) is 21.1. The lowest BCUT2D eigenvalue weighted by Gasteiger charge is -2.10. The molecule has 8 nitrogen and oxygen atoms in total. The molecule has 0 bridgehead atoms. The van der Waals surface area contributed by atoms with Gasteiger partial charge in [-0.05, 0) is 50.5 Å². The summed E-state index contributed by atoms with van der Waals surface area (Å²) in [5, 5.41) is 14.8. The number of fused-ring (bicyclic) bond motifs is 1. The van der Waals surface area contributed by atoms with Gasteiger partial charge in [0.2, 0.25) is 0 Å². The van der Waals surface area contributed by atoms with E-state index in [-0.39, 0.29) is 18.2 Å². The molecule has 190 valence electrons. The monoisotopic (exact) mass is 498 g/mol. The van der Waals surface area contributed by atoms with Gasteiger partial charge in [0.1, 0.15) is 0 Å². The van der Waals surface area contributed by atoms with Gasteiger partial charge in [0, 0.05) is 35.1 Å². The van der Waals surface area contributed by atoms with Crippen LogP contribution in [0.4, 0.5) is 11.4 Å². The predicted molar refractivity (Wildman–Crippen MR) is 146 cm³/mol. The Hall–Kier alpha value is -4.43. The minimum atomic E-state index is -0.456. The molecule has 0 aliphatic heterocycles. The van der Waals surface area contributed by atoms with Crippen LogP contribution in [0.15, 0.2) is 77.8 Å². The van der Waals surface area contributed by atoms with E-state index in [1.165, 1.54) is 7.11 Å². The van der Waals surface area contributed by atoms with Crippen LogP contribution in [-0.2, 0) is 9.53 Å². The Bertz CT molecular complexity index is 1420. The van der Waals surface area contributed by atoms with Crippen molar-refractivity contribution in [1.29, 1.82) is 0 Å². The van der Waals surface area contributed by atoms with Crippen LogP contribution in [0.25, 0.3) is 10.9 Å². The third-order valence-electron chi connectivity index (χ3n) is 5.92. The second kappa shape index (κ2) is 11.5. The number of esters is 1. The number of methoxy groups -OCH3 is 1. The first kappa shape index (κ1) is 25.7. The molecule has 0 radical (unpaired) electrons. The second-order valence-corrected chi connectivity index (χ2v) is 8.92. The number of aromatic nitrogens is 1. The summed E-state index contributed by atoms with van der Waals surface area (Å²) in [5.41, 5.74) is 4.42. The number of rotatable bonds is 10. The van der Waals surface area contributed by atoms with Gasteiger partial charge in [-0.25, -0.2) is 9.79 Å². The van der Waals surface area contributed by atoms with E-state index in [1.54, 1.807) is 18.2 Å². The highest BCUT2D eigenvalue weighted by Gasteiger charge is 2.20. The fraction of sp³-hybridized carbons (Fsp3) is 0.207. The molecule has 37 heavy (non-hydrogen) atoms. The fourth-order valence-corrected chi connectivity index (χ4v) is 3.95. The van der Waals surface area contributed by atoms with E-state index < -0.39 is 5.97 Å². The summed E-state index contributed by atoms with van der Waals surface area (Å²) >= 11 is 0. The number of carbonyl (C=O) groups excluding carboxylic acids is 2. The number of nitrogens with one attached hydrogen (secondary N) is 2. The molecule has 0 amide bonds. The largest absolute Gasteiger partial charge is 0.494 e. The van der Waals surface area contributed by atoms with Crippen molar-refractivity contribution in [3.05, 3.63) is 89.5 Å². The number of aromatic amines is 1. The highest BCUT2D eigenvalue weighted by Crippen LogP contribution is 2.32. The molecule has 0 spiro atoms. The standard InChI is InChI=1S/C29H30N4O4/c1-33(2)16-15-23(34)18-30-21-10-12-22(13-11-21)31-27(19-7-5-4-6-8-19)26-24-14-9-20(29(36)37-3)17-25(24)32-28(26)35/h4-14,17,30,32,35H,15-16,18H2,1-3H3. The molecule has 4 aromatic rings. The highest BCUT2D eigenvalue weighted by molar-refractivity contribution is 6.22. The number of aliphatic imine (C=N–C) groups is 1. The van der Waals surface area contributed by atoms with E-state index in [0.29, 0.717) is 34.5 Å². The molecule has 1 heterocycles. The number of ketones is 1. The number of hydrogen-bond acceptors (Lipinski definition) is 7. The topological polar surface area (TPSA) is 107 Å². The smallest absolute Gasteiger partial charge is 0.337 e. The Labute approximate surface area is 215 Å². The molecule has 0 saturated carbocycles. The van der Waals surface area contributed by atoms with Crippen LogP contribution in [0, 0.1) is 0 Å². The first-order valence-corrected chi connectivity index (χ1v) is 11.9. The normalized spacial score (nSPS) is 11.6. The highest BCUT2D eigenvalue weighted by atomic mass is 16.5. The third kappa shape index (κ3) is 6.23. The van der Waals surface area contributed by atoms with E-state index in [1.807, 2.05) is 73.6 Å². The van der Waals surface area contributed by atoms with Gasteiger partial charge in [0.05, 0.1) is 36.2 Å². The number of benzene rings is 3. The van der Waals surface area contributed by atoms with E-state index in [4.69, 9.17) is 9.73 Å². The van der Waals surface area contributed by atoms with E-state index in [9.17, 15) is 14.7 Å². The summed E-state index contributed by atoms with van der Waals surface area (Å²) in [7, 11) is 5.21. The van der Waals surface area contributed by atoms with Gasteiger partial charge in [-0.15, -0.1) is 0 Å². The lowest BCUT2D eigenvalue weighted by molar-refractivity contribution is -0.117. The lowest BCUT2D eigenvalue weighted by atomic mass is 10.00. The van der Waals surface area contributed by atoms with E-state index in [0.717, 1.165) is 23.2 Å². The zero-order chi connectivity index (χ0) is 26.4. The van der Waals surface area contributed by atoms with Gasteiger partial charge in [0.25, 0.3) is 0 Å². The minimum absolute atomic E-state index is 0.0471. The van der Waals surface area contributed by atoms with Crippen molar-refractivity contribution >= 4 is 39.7 Å². The fourth-order valence-electron chi connectivity index (χ4n) is 3.95. The maximum Gasteiger partial charge on any atom is 0.337 e. The number of nitrogens with zero attached hydrogens (tertiary/aromatic N) is 2. The quantitative estimate of drug-likeness (QED) is 0.215. The Morgan fingerprint density at radius 3 is 2.41 bits per heavy atom. The summed E-state index contributed by atoms with van der Waals surface area (Å²) in [6.45, 7) is 0.990. The van der Waals surface area contributed by atoms with Crippen molar-refractivity contribution in [2.24, 2.45) is 4.99 Å². The van der Waals surface area contributed by atoms with Crippen LogP contribution in [0.2, 0.25) is 0 Å². The average molecular weight is 499 g/mol. The molecule has 4 rings (SSSR count). The molecule has 0 unspecified atom stereocenters. The van der Waals surface area contributed by atoms with Crippen LogP contribution in [0.1, 0.15) is 27.9 Å². The van der Waals surface area contributed by atoms with Gasteiger partial charge in [-0.1, -0.05) is 36.4 Å². The number of anilines is 1. The number of ether oxygens (including phenoxy) is 1. The maximum atomic E-state index is 12.1. The molecule has 3 aromatic carbocycles. The average Bonchev–Trinajstić information content (AvgIpc) is 3.24. The van der Waals surface area contributed by atoms with Gasteiger partial charge in [0.15, 0.2) is 11.7 Å². The molecular formula is C29H30N4O4. The molecule has 0 fully saturated rings. The van der Waals surface area contributed by atoms with Crippen molar-refractivity contribution in [3.63, 3.8) is 0 Å². The van der Waals surface area contributed by atoms with Crippen LogP contribution in [0.5, 0.6) is 5.88 Å². The summed E-state index contributed by atoms with van der Waals surface area (Å²) in [4.78, 5) is 33.9. The van der Waals surface area contributed by atoms with Crippen molar-refractivity contribution in [3.8, 4) is 5.88 Å². The number of aromatic hydroxyl groups is 1. The molecular weight excluding hydrogens is 468 g/mol. The van der Waals surface area contributed by atoms with Crippen molar-refractivity contribution in [2.75, 3.05) is 39.6 Å². The molecule has 0 aliphatic carbocycles. The lowest BCUT2D eigenvalue weighted by Crippen LogP contribution is -2.21. The molecule has 0 aliphatic rings. The van der Waals surface area contributed by atoms with Crippen LogP contribution in [0.3, 0.4) is 0 Å².